The number of halogens is 2. The Kier molecular flexibility index (Phi) is 14.7. The molecular weight excluding hydrogens is 258 g/mol. The van der Waals surface area contributed by atoms with Crippen LogP contribution in [-0.4, -0.2) is 0 Å². The van der Waals surface area contributed by atoms with Gasteiger partial charge in [0, 0.05) is 26.2 Å². The smallest absolute Gasteiger partial charge is 0 e. The predicted molar refractivity (Wildman–Crippen MR) is 49.9 cm³/mol. The van der Waals surface area contributed by atoms with E-state index in [9.17, 15) is 0 Å². The maximum Gasteiger partial charge on any atom is 0 e. The second-order valence-electron chi connectivity index (χ2n) is 2.19. The number of rotatable bonds is 1. The van der Waals surface area contributed by atoms with Crippen LogP contribution in [0.25, 0.3) is 0 Å². The Bertz CT molecular complexity index is 150. The summed E-state index contributed by atoms with van der Waals surface area (Å²) in [4.78, 5) is 0. The fourth-order valence-corrected chi connectivity index (χ4v) is 0.888. The van der Waals surface area contributed by atoms with Gasteiger partial charge >= 0.3 is 0 Å². The fourth-order valence-electron chi connectivity index (χ4n) is 0.888. The van der Waals surface area contributed by atoms with Crippen molar-refractivity contribution >= 4 is 24.8 Å². The molecule has 0 aromatic heterocycles. The van der Waals surface area contributed by atoms with E-state index >= 15 is 0 Å². The van der Waals surface area contributed by atoms with Crippen molar-refractivity contribution in [2.45, 2.75) is 26.7 Å². The van der Waals surface area contributed by atoms with Crippen LogP contribution < -0.4 is 0 Å². The van der Waals surface area contributed by atoms with E-state index in [1.165, 1.54) is 17.6 Å². The van der Waals surface area contributed by atoms with Gasteiger partial charge in [-0.25, -0.2) is 11.6 Å². The Labute approximate surface area is 100 Å². The van der Waals surface area contributed by atoms with E-state index in [-0.39, 0.29) is 51.0 Å². The first kappa shape index (κ1) is 17.9. The third kappa shape index (κ3) is 6.14. The molecule has 0 amide bonds. The molecule has 0 saturated carbocycles. The van der Waals surface area contributed by atoms with Gasteiger partial charge in [0.1, 0.15) is 0 Å². The fraction of sp³-hybridized carbons (Fsp3) is 0.500. The predicted octanol–water partition coefficient (Wildman–Crippen LogP) is 3.32. The minimum atomic E-state index is 0. The zero-order valence-corrected chi connectivity index (χ0v) is 10.9. The van der Waals surface area contributed by atoms with Gasteiger partial charge in [0.25, 0.3) is 0 Å². The summed E-state index contributed by atoms with van der Waals surface area (Å²) in [5.41, 5.74) is 2.82. The summed E-state index contributed by atoms with van der Waals surface area (Å²) in [6, 6.07) is 0. The molecule has 0 aromatic rings. The normalized spacial score (nSPS) is 13.3. The first-order chi connectivity index (χ1) is 3.83. The molecule has 0 fully saturated rings. The Balaban J connectivity index is -0.000000213. The molecule has 0 heterocycles. The molecule has 1 aliphatic carbocycles. The van der Waals surface area contributed by atoms with E-state index in [4.69, 9.17) is 0 Å². The van der Waals surface area contributed by atoms with Crippen LogP contribution in [0.15, 0.2) is 17.2 Å². The molecule has 0 N–H and O–H groups in total. The summed E-state index contributed by atoms with van der Waals surface area (Å²) in [5, 5.41) is 0. The molecular formula is C8H13Cl2Zr-. The summed E-state index contributed by atoms with van der Waals surface area (Å²) in [6.07, 6.45) is 7.72. The molecule has 0 nitrogen and oxygen atoms in total. The van der Waals surface area contributed by atoms with Crippen LogP contribution in [0.4, 0.5) is 0 Å². The van der Waals surface area contributed by atoms with Crippen molar-refractivity contribution in [3.63, 3.8) is 0 Å². The second kappa shape index (κ2) is 9.03. The van der Waals surface area contributed by atoms with Crippen molar-refractivity contribution in [3.8, 4) is 0 Å². The Morgan fingerprint density at radius 3 is 2.18 bits per heavy atom. The van der Waals surface area contributed by atoms with Gasteiger partial charge in [0.05, 0.1) is 0 Å². The second-order valence-corrected chi connectivity index (χ2v) is 2.19. The maximum atomic E-state index is 3.24. The van der Waals surface area contributed by atoms with E-state index < -0.39 is 0 Å². The van der Waals surface area contributed by atoms with Crippen LogP contribution in [0.2, 0.25) is 0 Å². The summed E-state index contributed by atoms with van der Waals surface area (Å²) >= 11 is 0. The van der Waals surface area contributed by atoms with Crippen molar-refractivity contribution in [1.29, 1.82) is 0 Å². The maximum absolute atomic E-state index is 3.24. The topological polar surface area (TPSA) is 0 Å². The van der Waals surface area contributed by atoms with Gasteiger partial charge in [0.15, 0.2) is 0 Å². The molecule has 11 heavy (non-hydrogen) atoms. The van der Waals surface area contributed by atoms with Crippen molar-refractivity contribution < 1.29 is 26.2 Å². The molecule has 3 heteroatoms. The molecule has 1 rings (SSSR count). The van der Waals surface area contributed by atoms with Crippen molar-refractivity contribution in [2.75, 3.05) is 0 Å². The zero-order chi connectivity index (χ0) is 5.98. The van der Waals surface area contributed by atoms with Gasteiger partial charge in [0.2, 0.25) is 0 Å². The molecule has 0 aliphatic heterocycles. The summed E-state index contributed by atoms with van der Waals surface area (Å²) in [6.45, 7) is 4.29. The SMILES string of the molecule is CCC1=CC(C)=[C-]C1.Cl.Cl.[Zr]. The molecule has 64 valence electrons. The quantitative estimate of drug-likeness (QED) is 0.642. The van der Waals surface area contributed by atoms with Crippen molar-refractivity contribution in [2.24, 2.45) is 0 Å². The van der Waals surface area contributed by atoms with E-state index in [1.807, 2.05) is 0 Å². The number of hydrogen-bond donors (Lipinski definition) is 0. The molecule has 0 atom stereocenters. The largest absolute Gasteiger partial charge is 0.269 e. The van der Waals surface area contributed by atoms with Gasteiger partial charge in [-0.15, -0.1) is 31.2 Å². The number of hydrogen-bond acceptors (Lipinski definition) is 0. The van der Waals surface area contributed by atoms with Gasteiger partial charge in [-0.1, -0.05) is 20.3 Å². The average Bonchev–Trinajstić information content (AvgIpc) is 2.14. The van der Waals surface area contributed by atoms with Crippen LogP contribution in [0.3, 0.4) is 0 Å². The van der Waals surface area contributed by atoms with Gasteiger partial charge in [-0.3, -0.25) is 6.08 Å². The Morgan fingerprint density at radius 1 is 1.45 bits per heavy atom. The van der Waals surface area contributed by atoms with Crippen LogP contribution in [0.5, 0.6) is 0 Å². The molecule has 0 aromatic carbocycles. The van der Waals surface area contributed by atoms with Crippen LogP contribution in [0, 0.1) is 6.08 Å². The first-order valence-electron chi connectivity index (χ1n) is 3.10. The Hall–Kier alpha value is 0.943. The van der Waals surface area contributed by atoms with Gasteiger partial charge in [-0.2, -0.15) is 5.57 Å². The van der Waals surface area contributed by atoms with E-state index in [1.54, 1.807) is 0 Å². The molecule has 0 bridgehead atoms. The van der Waals surface area contributed by atoms with E-state index in [0.29, 0.717) is 0 Å². The van der Waals surface area contributed by atoms with Gasteiger partial charge in [-0.05, 0) is 0 Å². The standard InChI is InChI=1S/C8H11.2ClH.Zr/c1-3-8-5-4-7(2)6-8;;;/h6H,3,5H2,1-2H3;2*1H;/q-1;;;. The van der Waals surface area contributed by atoms with Gasteiger partial charge < -0.3 is 0 Å². The first-order valence-corrected chi connectivity index (χ1v) is 3.10. The van der Waals surface area contributed by atoms with E-state index in [2.05, 4.69) is 26.0 Å². The minimum absolute atomic E-state index is 0. The minimum Gasteiger partial charge on any atom is -0.269 e. The van der Waals surface area contributed by atoms with Crippen molar-refractivity contribution in [3.05, 3.63) is 23.3 Å². The molecule has 0 radical (unpaired) electrons. The molecule has 0 spiro atoms. The Morgan fingerprint density at radius 2 is 2.00 bits per heavy atom. The third-order valence-corrected chi connectivity index (χ3v) is 1.47. The molecule has 1 aliphatic rings. The monoisotopic (exact) mass is 269 g/mol. The average molecular weight is 271 g/mol. The molecule has 0 unspecified atom stereocenters. The molecule has 0 saturated heterocycles. The van der Waals surface area contributed by atoms with Crippen LogP contribution in [0.1, 0.15) is 26.7 Å². The third-order valence-electron chi connectivity index (χ3n) is 1.47. The van der Waals surface area contributed by atoms with Crippen LogP contribution in [-0.2, 0) is 26.2 Å². The van der Waals surface area contributed by atoms with E-state index in [0.717, 1.165) is 6.42 Å². The number of allylic oxidation sites excluding steroid dienone is 4. The summed E-state index contributed by atoms with van der Waals surface area (Å²) < 4.78 is 0. The summed E-state index contributed by atoms with van der Waals surface area (Å²) in [5.74, 6) is 0. The summed E-state index contributed by atoms with van der Waals surface area (Å²) in [7, 11) is 0. The van der Waals surface area contributed by atoms with Crippen molar-refractivity contribution in [1.82, 2.24) is 0 Å². The van der Waals surface area contributed by atoms with Crippen LogP contribution >= 0.6 is 24.8 Å². The zero-order valence-electron chi connectivity index (χ0n) is 6.81.